The second-order valence-electron chi connectivity index (χ2n) is 7.52. The van der Waals surface area contributed by atoms with Crippen LogP contribution in [0.1, 0.15) is 50.3 Å². The van der Waals surface area contributed by atoms with Crippen LogP contribution in [-0.4, -0.2) is 28.8 Å². The molecular formula is C24H31ClN2O2. The fourth-order valence-electron chi connectivity index (χ4n) is 3.27. The zero-order valence-electron chi connectivity index (χ0n) is 17.7. The number of halogens is 1. The van der Waals surface area contributed by atoms with E-state index in [1.54, 1.807) is 11.0 Å². The van der Waals surface area contributed by atoms with E-state index in [0.717, 1.165) is 23.1 Å². The van der Waals surface area contributed by atoms with E-state index in [-0.39, 0.29) is 24.3 Å². The van der Waals surface area contributed by atoms with Crippen LogP contribution >= 0.6 is 11.6 Å². The van der Waals surface area contributed by atoms with Crippen LogP contribution in [0.2, 0.25) is 5.02 Å². The van der Waals surface area contributed by atoms with E-state index >= 15 is 0 Å². The minimum absolute atomic E-state index is 0.0658. The molecule has 5 heteroatoms. The number of benzene rings is 2. The van der Waals surface area contributed by atoms with Gasteiger partial charge in [0.05, 0.1) is 6.42 Å². The van der Waals surface area contributed by atoms with Gasteiger partial charge in [-0.25, -0.2) is 0 Å². The fraction of sp³-hybridized carbons (Fsp3) is 0.417. The van der Waals surface area contributed by atoms with Crippen molar-refractivity contribution in [2.24, 2.45) is 0 Å². The normalized spacial score (nSPS) is 12.9. The lowest BCUT2D eigenvalue weighted by molar-refractivity contribution is -0.141. The van der Waals surface area contributed by atoms with E-state index < -0.39 is 6.04 Å². The van der Waals surface area contributed by atoms with E-state index in [1.165, 1.54) is 0 Å². The second-order valence-corrected chi connectivity index (χ2v) is 7.93. The van der Waals surface area contributed by atoms with Gasteiger partial charge >= 0.3 is 0 Å². The van der Waals surface area contributed by atoms with Gasteiger partial charge < -0.3 is 10.2 Å². The number of nitrogens with one attached hydrogen (secondary N) is 1. The van der Waals surface area contributed by atoms with Gasteiger partial charge in [0, 0.05) is 17.6 Å². The van der Waals surface area contributed by atoms with Crippen LogP contribution in [0.4, 0.5) is 0 Å². The molecule has 0 aliphatic rings. The first-order valence-electron chi connectivity index (χ1n) is 10.2. The molecule has 0 heterocycles. The summed E-state index contributed by atoms with van der Waals surface area (Å²) in [6, 6.07) is 14.9. The van der Waals surface area contributed by atoms with E-state index in [9.17, 15) is 9.59 Å². The molecule has 0 bridgehead atoms. The highest BCUT2D eigenvalue weighted by atomic mass is 35.5. The highest BCUT2D eigenvalue weighted by Gasteiger charge is 2.29. The van der Waals surface area contributed by atoms with Crippen molar-refractivity contribution >= 4 is 23.4 Å². The summed E-state index contributed by atoms with van der Waals surface area (Å²) < 4.78 is 0. The number of nitrogens with zero attached hydrogens (tertiary/aromatic N) is 1. The van der Waals surface area contributed by atoms with Gasteiger partial charge in [0.25, 0.3) is 0 Å². The van der Waals surface area contributed by atoms with Crippen LogP contribution in [0.15, 0.2) is 48.5 Å². The molecule has 2 aromatic rings. The third-order valence-electron chi connectivity index (χ3n) is 5.12. The van der Waals surface area contributed by atoms with Gasteiger partial charge in [0.15, 0.2) is 0 Å². The van der Waals surface area contributed by atoms with Crippen LogP contribution in [-0.2, 0) is 22.6 Å². The van der Waals surface area contributed by atoms with Gasteiger partial charge in [0.1, 0.15) is 6.04 Å². The number of hydrogen-bond acceptors (Lipinski definition) is 2. The Labute approximate surface area is 179 Å². The SMILES string of the molecule is CC[C@@H](C)NC(=O)[C@H](CC)N(Cc1cccc(C)c1)C(=O)Cc1ccccc1Cl. The molecule has 29 heavy (non-hydrogen) atoms. The molecule has 0 saturated heterocycles. The lowest BCUT2D eigenvalue weighted by Crippen LogP contribution is -2.51. The fourth-order valence-corrected chi connectivity index (χ4v) is 3.48. The van der Waals surface area contributed by atoms with E-state index in [1.807, 2.05) is 64.1 Å². The number of hydrogen-bond donors (Lipinski definition) is 1. The highest BCUT2D eigenvalue weighted by Crippen LogP contribution is 2.19. The molecule has 4 nitrogen and oxygen atoms in total. The molecule has 0 spiro atoms. The van der Waals surface area contributed by atoms with Crippen LogP contribution < -0.4 is 5.32 Å². The van der Waals surface area contributed by atoms with Gasteiger partial charge in [-0.05, 0) is 43.9 Å². The number of rotatable bonds is 9. The predicted octanol–water partition coefficient (Wildman–Crippen LogP) is 4.91. The minimum atomic E-state index is -0.528. The predicted molar refractivity (Wildman–Crippen MR) is 119 cm³/mol. The maximum Gasteiger partial charge on any atom is 0.243 e. The minimum Gasteiger partial charge on any atom is -0.352 e. The van der Waals surface area contributed by atoms with Crippen LogP contribution in [0, 0.1) is 6.92 Å². The van der Waals surface area contributed by atoms with Gasteiger partial charge in [-0.2, -0.15) is 0 Å². The van der Waals surface area contributed by atoms with Crippen LogP contribution in [0.3, 0.4) is 0 Å². The van der Waals surface area contributed by atoms with Crippen molar-refractivity contribution < 1.29 is 9.59 Å². The first-order valence-corrected chi connectivity index (χ1v) is 10.6. The maximum atomic E-state index is 13.3. The van der Waals surface area contributed by atoms with Gasteiger partial charge in [-0.1, -0.05) is 73.5 Å². The first kappa shape index (κ1) is 23.0. The third-order valence-corrected chi connectivity index (χ3v) is 5.49. The Morgan fingerprint density at radius 1 is 1.07 bits per heavy atom. The van der Waals surface area contributed by atoms with Crippen molar-refractivity contribution in [3.8, 4) is 0 Å². The molecule has 0 radical (unpaired) electrons. The Morgan fingerprint density at radius 2 is 1.79 bits per heavy atom. The van der Waals surface area contributed by atoms with Crippen molar-refractivity contribution in [3.05, 3.63) is 70.2 Å². The molecule has 2 aromatic carbocycles. The molecule has 2 amide bonds. The number of amides is 2. The van der Waals surface area contributed by atoms with E-state index in [2.05, 4.69) is 11.4 Å². The third kappa shape index (κ3) is 6.60. The summed E-state index contributed by atoms with van der Waals surface area (Å²) in [5, 5.41) is 3.59. The van der Waals surface area contributed by atoms with Crippen molar-refractivity contribution in [1.29, 1.82) is 0 Å². The molecule has 2 atom stereocenters. The largest absolute Gasteiger partial charge is 0.352 e. The molecule has 0 aliphatic heterocycles. The Morgan fingerprint density at radius 3 is 2.41 bits per heavy atom. The van der Waals surface area contributed by atoms with Crippen LogP contribution in [0.5, 0.6) is 0 Å². The average Bonchev–Trinajstić information content (AvgIpc) is 2.69. The number of carbonyl (C=O) groups excluding carboxylic acids is 2. The van der Waals surface area contributed by atoms with Crippen molar-refractivity contribution in [2.45, 2.75) is 65.6 Å². The quantitative estimate of drug-likeness (QED) is 0.633. The number of aryl methyl sites for hydroxylation is 1. The molecular weight excluding hydrogens is 384 g/mol. The molecule has 0 fully saturated rings. The smallest absolute Gasteiger partial charge is 0.243 e. The van der Waals surface area contributed by atoms with Gasteiger partial charge in [-0.3, -0.25) is 9.59 Å². The van der Waals surface area contributed by atoms with Crippen molar-refractivity contribution in [3.63, 3.8) is 0 Å². The molecule has 1 N–H and O–H groups in total. The highest BCUT2D eigenvalue weighted by molar-refractivity contribution is 6.31. The summed E-state index contributed by atoms with van der Waals surface area (Å²) in [6.45, 7) is 8.34. The Bertz CT molecular complexity index is 837. The molecule has 0 aliphatic carbocycles. The topological polar surface area (TPSA) is 49.4 Å². The zero-order valence-corrected chi connectivity index (χ0v) is 18.5. The average molecular weight is 415 g/mol. The lowest BCUT2D eigenvalue weighted by atomic mass is 10.1. The summed E-state index contributed by atoms with van der Waals surface area (Å²) >= 11 is 6.27. The first-order chi connectivity index (χ1) is 13.8. The zero-order chi connectivity index (χ0) is 21.4. The summed E-state index contributed by atoms with van der Waals surface area (Å²) in [4.78, 5) is 27.9. The van der Waals surface area contributed by atoms with Gasteiger partial charge in [-0.15, -0.1) is 0 Å². The lowest BCUT2D eigenvalue weighted by Gasteiger charge is -2.31. The second kappa shape index (κ2) is 11.0. The summed E-state index contributed by atoms with van der Waals surface area (Å²) in [5.41, 5.74) is 2.90. The van der Waals surface area contributed by atoms with Crippen molar-refractivity contribution in [1.82, 2.24) is 10.2 Å². The van der Waals surface area contributed by atoms with Crippen molar-refractivity contribution in [2.75, 3.05) is 0 Å². The molecule has 0 unspecified atom stereocenters. The Balaban J connectivity index is 2.31. The number of carbonyl (C=O) groups is 2. The Kier molecular flexibility index (Phi) is 8.71. The standard InChI is InChI=1S/C24H31ClN2O2/c1-5-18(4)26-24(29)22(6-2)27(16-19-11-9-10-17(3)14-19)23(28)15-20-12-7-8-13-21(20)25/h7-14,18,22H,5-6,15-16H2,1-4H3,(H,26,29)/t18-,22+/m1/s1. The van der Waals surface area contributed by atoms with E-state index in [0.29, 0.717) is 18.0 Å². The van der Waals surface area contributed by atoms with Crippen LogP contribution in [0.25, 0.3) is 0 Å². The maximum absolute atomic E-state index is 13.3. The summed E-state index contributed by atoms with van der Waals surface area (Å²) in [5.74, 6) is -0.215. The summed E-state index contributed by atoms with van der Waals surface area (Å²) in [6.07, 6.45) is 1.55. The van der Waals surface area contributed by atoms with Gasteiger partial charge in [0.2, 0.25) is 11.8 Å². The monoisotopic (exact) mass is 414 g/mol. The molecule has 156 valence electrons. The Hall–Kier alpha value is -2.33. The van der Waals surface area contributed by atoms with E-state index in [4.69, 9.17) is 11.6 Å². The molecule has 2 rings (SSSR count). The molecule has 0 saturated carbocycles. The molecule has 0 aromatic heterocycles. The summed E-state index contributed by atoms with van der Waals surface area (Å²) in [7, 11) is 0.